The molecule has 0 saturated heterocycles. The van der Waals surface area contributed by atoms with Crippen molar-refractivity contribution in [1.82, 2.24) is 4.57 Å². The van der Waals surface area contributed by atoms with E-state index < -0.39 is 4.92 Å². The van der Waals surface area contributed by atoms with E-state index in [1.54, 1.807) is 18.3 Å². The molecule has 25 heavy (non-hydrogen) atoms. The van der Waals surface area contributed by atoms with Crippen LogP contribution >= 0.6 is 11.3 Å². The van der Waals surface area contributed by atoms with Crippen LogP contribution in [0.5, 0.6) is 0 Å². The molecule has 0 radical (unpaired) electrons. The van der Waals surface area contributed by atoms with Crippen molar-refractivity contribution in [1.29, 1.82) is 0 Å². The Kier molecular flexibility index (Phi) is 4.85. The summed E-state index contributed by atoms with van der Waals surface area (Å²) >= 11 is 1.47. The van der Waals surface area contributed by atoms with Crippen LogP contribution in [-0.2, 0) is 7.05 Å². The van der Waals surface area contributed by atoms with Crippen molar-refractivity contribution in [3.8, 4) is 11.3 Å². The van der Waals surface area contributed by atoms with Crippen LogP contribution < -0.4 is 4.80 Å². The Morgan fingerprint density at radius 1 is 1.16 bits per heavy atom. The molecule has 0 saturated carbocycles. The lowest BCUT2D eigenvalue weighted by Gasteiger charge is -2.02. The quantitative estimate of drug-likeness (QED) is 0.406. The van der Waals surface area contributed by atoms with Gasteiger partial charge < -0.3 is 4.57 Å². The first kappa shape index (κ1) is 16.8. The van der Waals surface area contributed by atoms with Crippen molar-refractivity contribution in [2.45, 2.75) is 6.92 Å². The largest absolute Gasteiger partial charge is 0.318 e. The fraction of sp³-hybridized carbons (Fsp3) is 0.111. The highest BCUT2D eigenvalue weighted by Gasteiger charge is 2.08. The number of aromatic nitrogens is 1. The Balaban J connectivity index is 1.88. The van der Waals surface area contributed by atoms with Crippen molar-refractivity contribution >= 4 is 23.2 Å². The van der Waals surface area contributed by atoms with Gasteiger partial charge in [0.1, 0.15) is 0 Å². The van der Waals surface area contributed by atoms with Gasteiger partial charge in [0.15, 0.2) is 0 Å². The molecule has 3 aromatic rings. The Morgan fingerprint density at radius 2 is 1.88 bits per heavy atom. The molecule has 0 aliphatic rings. The van der Waals surface area contributed by atoms with E-state index in [2.05, 4.69) is 10.2 Å². The molecule has 3 rings (SSSR count). The third-order valence-corrected chi connectivity index (χ3v) is 4.73. The maximum atomic E-state index is 10.8. The van der Waals surface area contributed by atoms with Crippen LogP contribution in [0.25, 0.3) is 11.3 Å². The standard InChI is InChI=1S/C18H16N4O2S/c1-13-5-3-4-6-15(13)11-19-20-18-21(2)17(12-25-18)14-7-9-16(10-8-14)22(23)24/h3-12H,1-2H3/b19-11-,20-18+. The summed E-state index contributed by atoms with van der Waals surface area (Å²) in [6.45, 7) is 2.03. The summed E-state index contributed by atoms with van der Waals surface area (Å²) in [5.41, 5.74) is 4.08. The summed E-state index contributed by atoms with van der Waals surface area (Å²) in [7, 11) is 1.90. The molecule has 0 atom stereocenters. The third-order valence-electron chi connectivity index (χ3n) is 3.83. The maximum Gasteiger partial charge on any atom is 0.269 e. The number of thiazole rings is 1. The maximum absolute atomic E-state index is 10.8. The molecule has 0 fully saturated rings. The van der Waals surface area contributed by atoms with Gasteiger partial charge in [0, 0.05) is 24.6 Å². The number of rotatable bonds is 4. The molecule has 0 aliphatic carbocycles. The zero-order valence-corrected chi connectivity index (χ0v) is 14.6. The van der Waals surface area contributed by atoms with Crippen molar-refractivity contribution < 1.29 is 4.92 Å². The van der Waals surface area contributed by atoms with E-state index in [9.17, 15) is 10.1 Å². The van der Waals surface area contributed by atoms with Crippen LogP contribution in [0.2, 0.25) is 0 Å². The molecular formula is C18H16N4O2S. The van der Waals surface area contributed by atoms with Crippen molar-refractivity contribution in [3.05, 3.63) is 80.0 Å². The molecule has 126 valence electrons. The first-order valence-corrected chi connectivity index (χ1v) is 8.46. The van der Waals surface area contributed by atoms with Crippen LogP contribution in [0, 0.1) is 17.0 Å². The highest BCUT2D eigenvalue weighted by Crippen LogP contribution is 2.22. The molecule has 2 aromatic carbocycles. The monoisotopic (exact) mass is 352 g/mol. The SMILES string of the molecule is Cc1ccccc1/C=N\N=c1\scc(-c2ccc([N+](=O)[O-])cc2)n1C. The summed E-state index contributed by atoms with van der Waals surface area (Å²) in [5, 5.41) is 21.2. The predicted octanol–water partition coefficient (Wildman–Crippen LogP) is 3.91. The van der Waals surface area contributed by atoms with Crippen LogP contribution in [0.4, 0.5) is 5.69 Å². The Hall–Kier alpha value is -3.06. The molecule has 1 aromatic heterocycles. The minimum Gasteiger partial charge on any atom is -0.318 e. The van der Waals surface area contributed by atoms with Gasteiger partial charge in [-0.1, -0.05) is 24.3 Å². The van der Waals surface area contributed by atoms with Gasteiger partial charge in [0.25, 0.3) is 5.69 Å². The van der Waals surface area contributed by atoms with E-state index in [0.717, 1.165) is 27.2 Å². The fourth-order valence-electron chi connectivity index (χ4n) is 2.35. The molecule has 0 unspecified atom stereocenters. The summed E-state index contributed by atoms with van der Waals surface area (Å²) < 4.78 is 1.92. The topological polar surface area (TPSA) is 72.8 Å². The number of hydrogen-bond donors (Lipinski definition) is 0. The number of aryl methyl sites for hydroxylation is 1. The number of nitro benzene ring substituents is 1. The van der Waals surface area contributed by atoms with E-state index in [-0.39, 0.29) is 5.69 Å². The Labute approximate surface area is 148 Å². The number of benzene rings is 2. The molecule has 0 aliphatic heterocycles. The molecule has 0 N–H and O–H groups in total. The number of hydrogen-bond acceptors (Lipinski definition) is 5. The van der Waals surface area contributed by atoms with Gasteiger partial charge in [-0.15, -0.1) is 16.4 Å². The van der Waals surface area contributed by atoms with Gasteiger partial charge in [-0.3, -0.25) is 10.1 Å². The fourth-order valence-corrected chi connectivity index (χ4v) is 3.21. The molecule has 6 nitrogen and oxygen atoms in total. The summed E-state index contributed by atoms with van der Waals surface area (Å²) in [4.78, 5) is 11.1. The summed E-state index contributed by atoms with van der Waals surface area (Å²) in [5.74, 6) is 0. The zero-order valence-electron chi connectivity index (χ0n) is 13.8. The van der Waals surface area contributed by atoms with Gasteiger partial charge in [0.05, 0.1) is 16.8 Å². The summed E-state index contributed by atoms with van der Waals surface area (Å²) in [6, 6.07) is 14.4. The first-order chi connectivity index (χ1) is 12.1. The third kappa shape index (κ3) is 3.72. The van der Waals surface area contributed by atoms with E-state index in [1.807, 2.05) is 48.2 Å². The summed E-state index contributed by atoms with van der Waals surface area (Å²) in [6.07, 6.45) is 1.74. The molecule has 1 heterocycles. The molecular weight excluding hydrogens is 336 g/mol. The lowest BCUT2D eigenvalue weighted by atomic mass is 10.1. The van der Waals surface area contributed by atoms with Crippen molar-refractivity contribution in [3.63, 3.8) is 0 Å². The number of nitro groups is 1. The van der Waals surface area contributed by atoms with Crippen molar-refractivity contribution in [2.75, 3.05) is 0 Å². The first-order valence-electron chi connectivity index (χ1n) is 7.58. The highest BCUT2D eigenvalue weighted by molar-refractivity contribution is 7.07. The number of non-ortho nitro benzene ring substituents is 1. The average Bonchev–Trinajstić information content (AvgIpc) is 2.97. The lowest BCUT2D eigenvalue weighted by Crippen LogP contribution is -2.10. The molecule has 0 bridgehead atoms. The van der Waals surface area contributed by atoms with Gasteiger partial charge in [-0.2, -0.15) is 5.10 Å². The smallest absolute Gasteiger partial charge is 0.269 e. The van der Waals surface area contributed by atoms with E-state index in [0.29, 0.717) is 0 Å². The Morgan fingerprint density at radius 3 is 2.56 bits per heavy atom. The van der Waals surface area contributed by atoms with Crippen LogP contribution in [0.1, 0.15) is 11.1 Å². The van der Waals surface area contributed by atoms with Gasteiger partial charge >= 0.3 is 0 Å². The lowest BCUT2D eigenvalue weighted by molar-refractivity contribution is -0.384. The minimum atomic E-state index is -0.404. The van der Waals surface area contributed by atoms with E-state index in [1.165, 1.54) is 23.5 Å². The van der Waals surface area contributed by atoms with Crippen LogP contribution in [0.3, 0.4) is 0 Å². The normalized spacial score (nSPS) is 12.0. The average molecular weight is 352 g/mol. The van der Waals surface area contributed by atoms with Gasteiger partial charge in [-0.05, 0) is 35.7 Å². The minimum absolute atomic E-state index is 0.0781. The number of nitrogens with zero attached hydrogens (tertiary/aromatic N) is 4. The second kappa shape index (κ2) is 7.23. The van der Waals surface area contributed by atoms with E-state index in [4.69, 9.17) is 0 Å². The molecule has 7 heteroatoms. The molecule has 0 amide bonds. The van der Waals surface area contributed by atoms with Gasteiger partial charge in [-0.25, -0.2) is 0 Å². The highest BCUT2D eigenvalue weighted by atomic mass is 32.1. The second-order valence-electron chi connectivity index (χ2n) is 5.47. The van der Waals surface area contributed by atoms with Crippen LogP contribution in [-0.4, -0.2) is 15.7 Å². The molecule has 0 spiro atoms. The van der Waals surface area contributed by atoms with Crippen LogP contribution in [0.15, 0.2) is 64.1 Å². The van der Waals surface area contributed by atoms with Crippen molar-refractivity contribution in [2.24, 2.45) is 17.3 Å². The predicted molar refractivity (Wildman–Crippen MR) is 99.7 cm³/mol. The Bertz CT molecular complexity index is 1000. The van der Waals surface area contributed by atoms with Gasteiger partial charge in [0.2, 0.25) is 4.80 Å². The zero-order chi connectivity index (χ0) is 17.8. The second-order valence-corrected chi connectivity index (χ2v) is 6.30. The van der Waals surface area contributed by atoms with E-state index >= 15 is 0 Å².